The Kier molecular flexibility index (Phi) is 48.2. The largest absolute Gasteiger partial charge is 0.458 e. The lowest BCUT2D eigenvalue weighted by molar-refractivity contribution is -0.148. The fraction of sp³-hybridized carbons (Fsp3) is 0.690. The normalized spacial score (nSPS) is 14.0. The monoisotopic (exact) mass is 890 g/mol. The van der Waals surface area contributed by atoms with Gasteiger partial charge in [-0.2, -0.15) is 0 Å². The molecule has 3 N–H and O–H groups in total. The number of carbonyl (C=O) groups is 2. The van der Waals surface area contributed by atoms with Crippen molar-refractivity contribution in [3.63, 3.8) is 0 Å². The number of aliphatic hydroxyl groups excluding tert-OH is 2. The summed E-state index contributed by atoms with van der Waals surface area (Å²) in [7, 11) is 0. The van der Waals surface area contributed by atoms with E-state index in [0.29, 0.717) is 19.3 Å². The van der Waals surface area contributed by atoms with Crippen LogP contribution in [0.25, 0.3) is 0 Å². The highest BCUT2D eigenvalue weighted by Crippen LogP contribution is 2.16. The summed E-state index contributed by atoms with van der Waals surface area (Å²) in [5, 5.41) is 23.8. The lowest BCUT2D eigenvalue weighted by atomic mass is 10.0. The Balaban J connectivity index is 4.70. The Morgan fingerprint density at radius 3 is 1.44 bits per heavy atom. The minimum atomic E-state index is -0.826. The number of aliphatic hydroxyl groups is 2. The minimum Gasteiger partial charge on any atom is -0.458 e. The van der Waals surface area contributed by atoms with Gasteiger partial charge in [-0.15, -0.1) is 0 Å². The van der Waals surface area contributed by atoms with Gasteiger partial charge < -0.3 is 20.3 Å². The lowest BCUT2D eigenvalue weighted by Gasteiger charge is -2.23. The summed E-state index contributed by atoms with van der Waals surface area (Å²) >= 11 is 0. The molecule has 3 unspecified atom stereocenters. The summed E-state index contributed by atoms with van der Waals surface area (Å²) in [5.41, 5.74) is 0. The maximum absolute atomic E-state index is 13.2. The van der Waals surface area contributed by atoms with Gasteiger partial charge in [0.2, 0.25) is 5.91 Å². The Hall–Kier alpha value is -3.22. The van der Waals surface area contributed by atoms with Crippen LogP contribution in [0, 0.1) is 0 Å². The first-order chi connectivity index (χ1) is 31.5. The molecule has 0 aliphatic rings. The molecule has 0 spiro atoms. The smallest absolute Gasteiger partial charge is 0.306 e. The third-order valence-electron chi connectivity index (χ3n) is 11.5. The van der Waals surface area contributed by atoms with E-state index in [1.54, 1.807) is 6.08 Å². The van der Waals surface area contributed by atoms with E-state index in [9.17, 15) is 19.8 Å². The molecule has 64 heavy (non-hydrogen) atoms. The standard InChI is InChI=1S/C58H99NO5/c1-4-7-10-13-16-19-22-25-28-30-32-35-38-41-44-47-50-56(61)55(53-60)59-57(62)52-54(49-46-43-40-37-34-31-27-24-21-18-15-12-9-6-3)64-58(63)51-48-45-42-39-36-33-29-26-23-20-17-14-11-8-5-2/h8-9,11-12,14,17-18,20-21,23,27,31,37,40,46,49,54-56,60-61H,4-7,10,13,15-16,19,22,24-26,28-30,32-36,38-39,41-45,47-48,50-53H2,1-3H3,(H,59,62)/b11-8+,12-9+,17-14+,21-18+,23-20+,31-27+,40-37+,49-46+. The molecule has 0 aliphatic heterocycles. The molecular formula is C58H99NO5. The van der Waals surface area contributed by atoms with Crippen molar-refractivity contribution in [2.24, 2.45) is 0 Å². The Morgan fingerprint density at radius 1 is 0.500 bits per heavy atom. The maximum atomic E-state index is 13.2. The van der Waals surface area contributed by atoms with Gasteiger partial charge in [-0.3, -0.25) is 9.59 Å². The summed E-state index contributed by atoms with van der Waals surface area (Å²) in [6.45, 7) is 6.20. The number of rotatable bonds is 46. The van der Waals surface area contributed by atoms with Gasteiger partial charge >= 0.3 is 5.97 Å². The Morgan fingerprint density at radius 2 is 0.938 bits per heavy atom. The molecular weight excluding hydrogens is 791 g/mol. The summed E-state index contributed by atoms with van der Waals surface area (Å²) in [4.78, 5) is 26.1. The van der Waals surface area contributed by atoms with E-state index in [1.807, 2.05) is 6.08 Å². The number of ether oxygens (including phenoxy) is 1. The third-order valence-corrected chi connectivity index (χ3v) is 11.5. The zero-order chi connectivity index (χ0) is 46.7. The molecule has 0 aliphatic carbocycles. The van der Waals surface area contributed by atoms with Gasteiger partial charge in [0.15, 0.2) is 0 Å². The predicted molar refractivity (Wildman–Crippen MR) is 277 cm³/mol. The molecule has 0 saturated heterocycles. The number of amides is 1. The Labute approximate surface area is 395 Å². The van der Waals surface area contributed by atoms with Crippen molar-refractivity contribution < 1.29 is 24.5 Å². The molecule has 0 saturated carbocycles. The van der Waals surface area contributed by atoms with E-state index < -0.39 is 18.2 Å². The van der Waals surface area contributed by atoms with Crippen LogP contribution in [0.5, 0.6) is 0 Å². The van der Waals surface area contributed by atoms with E-state index in [1.165, 1.54) is 109 Å². The second-order valence-electron chi connectivity index (χ2n) is 17.6. The summed E-state index contributed by atoms with van der Waals surface area (Å²) in [5.74, 6) is -0.647. The van der Waals surface area contributed by atoms with Crippen LogP contribution >= 0.6 is 0 Å². The first-order valence-corrected chi connectivity index (χ1v) is 26.5. The molecule has 1 amide bonds. The second-order valence-corrected chi connectivity index (χ2v) is 17.6. The van der Waals surface area contributed by atoms with Crippen LogP contribution < -0.4 is 5.32 Å². The van der Waals surface area contributed by atoms with Crippen molar-refractivity contribution in [3.8, 4) is 0 Å². The summed E-state index contributed by atoms with van der Waals surface area (Å²) in [6.07, 6.45) is 67.8. The highest BCUT2D eigenvalue weighted by molar-refractivity contribution is 5.78. The average molecular weight is 890 g/mol. The number of nitrogens with one attached hydrogen (secondary N) is 1. The van der Waals surface area contributed by atoms with E-state index in [-0.39, 0.29) is 24.9 Å². The highest BCUT2D eigenvalue weighted by Gasteiger charge is 2.23. The van der Waals surface area contributed by atoms with Gasteiger partial charge in [-0.25, -0.2) is 0 Å². The van der Waals surface area contributed by atoms with Crippen molar-refractivity contribution in [1.29, 1.82) is 0 Å². The predicted octanol–water partition coefficient (Wildman–Crippen LogP) is 16.1. The van der Waals surface area contributed by atoms with Gasteiger partial charge in [-0.05, 0) is 70.3 Å². The van der Waals surface area contributed by atoms with Crippen molar-refractivity contribution in [2.45, 2.75) is 251 Å². The van der Waals surface area contributed by atoms with Crippen LogP contribution in [0.4, 0.5) is 0 Å². The molecule has 0 bridgehead atoms. The molecule has 0 heterocycles. The van der Waals surface area contributed by atoms with Crippen molar-refractivity contribution >= 4 is 11.9 Å². The number of allylic oxidation sites excluding steroid dienone is 15. The van der Waals surface area contributed by atoms with Gasteiger partial charge in [0, 0.05) is 6.42 Å². The van der Waals surface area contributed by atoms with Crippen LogP contribution in [-0.2, 0) is 14.3 Å². The minimum absolute atomic E-state index is 0.0555. The maximum Gasteiger partial charge on any atom is 0.306 e. The van der Waals surface area contributed by atoms with E-state index in [4.69, 9.17) is 4.74 Å². The first-order valence-electron chi connectivity index (χ1n) is 26.5. The molecule has 0 aromatic carbocycles. The Bertz CT molecular complexity index is 1270. The van der Waals surface area contributed by atoms with Crippen LogP contribution in [0.3, 0.4) is 0 Å². The van der Waals surface area contributed by atoms with Gasteiger partial charge in [0.25, 0.3) is 0 Å². The van der Waals surface area contributed by atoms with Gasteiger partial charge in [0.1, 0.15) is 6.10 Å². The molecule has 6 nitrogen and oxygen atoms in total. The second kappa shape index (κ2) is 50.8. The van der Waals surface area contributed by atoms with Crippen LogP contribution in [0.2, 0.25) is 0 Å². The van der Waals surface area contributed by atoms with Gasteiger partial charge in [0.05, 0.1) is 25.2 Å². The molecule has 3 atom stereocenters. The lowest BCUT2D eigenvalue weighted by Crippen LogP contribution is -2.46. The molecule has 366 valence electrons. The number of hydrogen-bond acceptors (Lipinski definition) is 5. The van der Waals surface area contributed by atoms with Crippen LogP contribution in [-0.4, -0.2) is 46.9 Å². The van der Waals surface area contributed by atoms with Gasteiger partial charge in [-0.1, -0.05) is 247 Å². The molecule has 6 heteroatoms. The van der Waals surface area contributed by atoms with Crippen molar-refractivity contribution in [1.82, 2.24) is 5.32 Å². The number of esters is 1. The van der Waals surface area contributed by atoms with Crippen molar-refractivity contribution in [2.75, 3.05) is 6.61 Å². The van der Waals surface area contributed by atoms with Crippen LogP contribution in [0.15, 0.2) is 97.2 Å². The zero-order valence-corrected chi connectivity index (χ0v) is 41.6. The first kappa shape index (κ1) is 60.8. The number of unbranched alkanes of at least 4 members (excludes halogenated alkanes) is 22. The number of hydrogen-bond donors (Lipinski definition) is 3. The molecule has 0 aromatic rings. The molecule has 0 radical (unpaired) electrons. The van der Waals surface area contributed by atoms with E-state index >= 15 is 0 Å². The molecule has 0 rings (SSSR count). The fourth-order valence-electron chi connectivity index (χ4n) is 7.51. The fourth-order valence-corrected chi connectivity index (χ4v) is 7.51. The van der Waals surface area contributed by atoms with E-state index in [2.05, 4.69) is 111 Å². The molecule has 0 fully saturated rings. The topological polar surface area (TPSA) is 95.9 Å². The van der Waals surface area contributed by atoms with Crippen molar-refractivity contribution in [3.05, 3.63) is 97.2 Å². The highest BCUT2D eigenvalue weighted by atomic mass is 16.5. The zero-order valence-electron chi connectivity index (χ0n) is 41.6. The summed E-state index contributed by atoms with van der Waals surface area (Å²) < 4.78 is 5.82. The van der Waals surface area contributed by atoms with E-state index in [0.717, 1.165) is 77.0 Å². The average Bonchev–Trinajstić information content (AvgIpc) is 3.29. The number of carbonyl (C=O) groups excluding carboxylic acids is 2. The summed E-state index contributed by atoms with van der Waals surface area (Å²) in [6, 6.07) is -0.750. The quantitative estimate of drug-likeness (QED) is 0.0245. The molecule has 0 aromatic heterocycles. The SMILES string of the molecule is CC/C=C/C=C/C=C/CCCCCCCCCC(=O)OC(/C=C/C/C=C/C/C=C/C/C=C/C/C=C/CC)CC(=O)NC(CO)C(O)CCCCCCCCCCCCCCCCCC. The van der Waals surface area contributed by atoms with Crippen LogP contribution in [0.1, 0.15) is 233 Å². The third kappa shape index (κ3) is 45.4.